The first-order valence-electron chi connectivity index (χ1n) is 11.5. The van der Waals surface area contributed by atoms with E-state index in [0.717, 1.165) is 44.1 Å². The highest BCUT2D eigenvalue weighted by molar-refractivity contribution is 6.31. The maximum Gasteiger partial charge on any atom is 0.425 e. The van der Waals surface area contributed by atoms with Gasteiger partial charge in [-0.05, 0) is 50.2 Å². The van der Waals surface area contributed by atoms with Crippen molar-refractivity contribution in [1.82, 2.24) is 9.80 Å². The van der Waals surface area contributed by atoms with Crippen LogP contribution in [0.15, 0.2) is 18.2 Å². The van der Waals surface area contributed by atoms with E-state index in [1.54, 1.807) is 0 Å². The lowest BCUT2D eigenvalue weighted by molar-refractivity contribution is -0.200. The van der Waals surface area contributed by atoms with Gasteiger partial charge in [0, 0.05) is 62.1 Å². The summed E-state index contributed by atoms with van der Waals surface area (Å²) in [5, 5.41) is 0.701. The molecule has 184 valence electrons. The standard InChI is InChI=1S/C23H30ClF4N3O2/c1-16(23(26,27)28)33-21(32)31-11-7-22(8-12-31)14-29(15-22)13-18-19(24)3-2-4-20(18)30-9-5-17(25)6-10-30/h2-4,16-17H,5-15H2,1H3. The highest BCUT2D eigenvalue weighted by Crippen LogP contribution is 2.43. The van der Waals surface area contributed by atoms with Gasteiger partial charge in [0.1, 0.15) is 6.17 Å². The fourth-order valence-electron chi connectivity index (χ4n) is 5.10. The Morgan fingerprint density at radius 2 is 1.82 bits per heavy atom. The van der Waals surface area contributed by atoms with Crippen LogP contribution in [0.5, 0.6) is 0 Å². The maximum atomic E-state index is 13.6. The number of hydrogen-bond donors (Lipinski definition) is 0. The maximum absolute atomic E-state index is 13.6. The summed E-state index contributed by atoms with van der Waals surface area (Å²) in [5.41, 5.74) is 2.18. The number of amides is 1. The molecule has 1 unspecified atom stereocenters. The number of likely N-dealkylation sites (tertiary alicyclic amines) is 2. The molecule has 1 amide bonds. The number of ether oxygens (including phenoxy) is 1. The zero-order valence-electron chi connectivity index (χ0n) is 18.7. The van der Waals surface area contributed by atoms with E-state index in [4.69, 9.17) is 11.6 Å². The average molecular weight is 492 g/mol. The molecular weight excluding hydrogens is 462 g/mol. The van der Waals surface area contributed by atoms with Gasteiger partial charge in [-0.1, -0.05) is 17.7 Å². The minimum atomic E-state index is -4.56. The topological polar surface area (TPSA) is 36.0 Å². The van der Waals surface area contributed by atoms with Crippen LogP contribution >= 0.6 is 11.6 Å². The molecule has 0 radical (unpaired) electrons. The fourth-order valence-corrected chi connectivity index (χ4v) is 5.33. The van der Waals surface area contributed by atoms with E-state index >= 15 is 0 Å². The molecule has 4 rings (SSSR count). The summed E-state index contributed by atoms with van der Waals surface area (Å²) in [6.45, 7) is 5.39. The Hall–Kier alpha value is -1.74. The molecule has 1 aromatic rings. The van der Waals surface area contributed by atoms with Gasteiger partial charge in [0.05, 0.1) is 0 Å². The van der Waals surface area contributed by atoms with Crippen molar-refractivity contribution in [3.8, 4) is 0 Å². The number of piperidine rings is 2. The Morgan fingerprint density at radius 3 is 2.42 bits per heavy atom. The number of halogens is 5. The number of nitrogens with zero attached hydrogens (tertiary/aromatic N) is 3. The fraction of sp³-hybridized carbons (Fsp3) is 0.696. The van der Waals surface area contributed by atoms with Crippen LogP contribution in [-0.2, 0) is 11.3 Å². The monoisotopic (exact) mass is 491 g/mol. The lowest BCUT2D eigenvalue weighted by Crippen LogP contribution is -2.60. The first-order valence-corrected chi connectivity index (χ1v) is 11.9. The molecule has 10 heteroatoms. The van der Waals surface area contributed by atoms with Crippen LogP contribution in [0.25, 0.3) is 0 Å². The first-order chi connectivity index (χ1) is 15.6. The third kappa shape index (κ3) is 5.50. The van der Waals surface area contributed by atoms with Gasteiger partial charge in [-0.2, -0.15) is 13.2 Å². The second-order valence-corrected chi connectivity index (χ2v) is 10.0. The molecule has 0 N–H and O–H groups in total. The van der Waals surface area contributed by atoms with Crippen molar-refractivity contribution in [3.63, 3.8) is 0 Å². The molecule has 1 aromatic carbocycles. The van der Waals surface area contributed by atoms with E-state index in [0.29, 0.717) is 50.6 Å². The predicted octanol–water partition coefficient (Wildman–Crippen LogP) is 5.26. The van der Waals surface area contributed by atoms with Gasteiger partial charge in [-0.3, -0.25) is 4.90 Å². The van der Waals surface area contributed by atoms with E-state index in [1.165, 1.54) is 4.90 Å². The molecule has 0 saturated carbocycles. The predicted molar refractivity (Wildman–Crippen MR) is 118 cm³/mol. The van der Waals surface area contributed by atoms with Crippen LogP contribution in [-0.4, -0.2) is 73.6 Å². The van der Waals surface area contributed by atoms with E-state index in [-0.39, 0.29) is 5.41 Å². The number of benzene rings is 1. The van der Waals surface area contributed by atoms with Crippen molar-refractivity contribution in [2.24, 2.45) is 5.41 Å². The van der Waals surface area contributed by atoms with Gasteiger partial charge in [-0.15, -0.1) is 0 Å². The Bertz CT molecular complexity index is 845. The summed E-state index contributed by atoms with van der Waals surface area (Å²) in [4.78, 5) is 18.0. The van der Waals surface area contributed by atoms with Crippen LogP contribution in [0.2, 0.25) is 5.02 Å². The summed E-state index contributed by atoms with van der Waals surface area (Å²) < 4.78 is 56.1. The zero-order valence-corrected chi connectivity index (χ0v) is 19.5. The van der Waals surface area contributed by atoms with Crippen molar-refractivity contribution in [1.29, 1.82) is 0 Å². The first kappa shape index (κ1) is 24.4. The second kappa shape index (κ2) is 9.49. The lowest BCUT2D eigenvalue weighted by atomic mass is 9.72. The summed E-state index contributed by atoms with van der Waals surface area (Å²) in [5.74, 6) is 0. The Labute approximate surface area is 196 Å². The molecule has 5 nitrogen and oxygen atoms in total. The average Bonchev–Trinajstić information content (AvgIpc) is 2.74. The molecule has 0 bridgehead atoms. The minimum absolute atomic E-state index is 0.0699. The SMILES string of the molecule is CC(OC(=O)N1CCC2(CC1)CN(Cc1c(Cl)cccc1N1CCC(F)CC1)C2)C(F)(F)F. The molecule has 0 aliphatic carbocycles. The summed E-state index contributed by atoms with van der Waals surface area (Å²) in [6, 6.07) is 5.85. The van der Waals surface area contributed by atoms with Crippen molar-refractivity contribution < 1.29 is 27.1 Å². The van der Waals surface area contributed by atoms with Gasteiger partial charge in [0.25, 0.3) is 0 Å². The normalized spacial score (nSPS) is 22.8. The Kier molecular flexibility index (Phi) is 7.01. The molecule has 1 atom stereocenters. The van der Waals surface area contributed by atoms with Gasteiger partial charge in [-0.25, -0.2) is 9.18 Å². The lowest BCUT2D eigenvalue weighted by Gasteiger charge is -2.54. The van der Waals surface area contributed by atoms with E-state index < -0.39 is 24.5 Å². The minimum Gasteiger partial charge on any atom is -0.437 e. The van der Waals surface area contributed by atoms with E-state index in [2.05, 4.69) is 14.5 Å². The second-order valence-electron chi connectivity index (χ2n) is 9.60. The molecule has 3 saturated heterocycles. The highest BCUT2D eigenvalue weighted by atomic mass is 35.5. The van der Waals surface area contributed by atoms with Gasteiger partial charge in [0.2, 0.25) is 0 Å². The molecule has 3 aliphatic rings. The number of anilines is 1. The quantitative estimate of drug-likeness (QED) is 0.538. The molecule has 3 heterocycles. The Balaban J connectivity index is 1.30. The molecular formula is C23H30ClF4N3O2. The summed E-state index contributed by atoms with van der Waals surface area (Å²) in [7, 11) is 0. The third-order valence-electron chi connectivity index (χ3n) is 7.18. The number of rotatable bonds is 4. The molecule has 0 aromatic heterocycles. The number of alkyl halides is 4. The smallest absolute Gasteiger partial charge is 0.425 e. The van der Waals surface area contributed by atoms with Gasteiger partial charge in [0.15, 0.2) is 6.10 Å². The van der Waals surface area contributed by atoms with Crippen LogP contribution in [0.3, 0.4) is 0 Å². The van der Waals surface area contributed by atoms with Crippen molar-refractivity contribution in [2.75, 3.05) is 44.2 Å². The van der Waals surface area contributed by atoms with Crippen LogP contribution in [0.4, 0.5) is 28.0 Å². The van der Waals surface area contributed by atoms with Crippen molar-refractivity contribution >= 4 is 23.4 Å². The molecule has 3 aliphatic heterocycles. The number of carbonyl (C=O) groups excluding carboxylic acids is 1. The molecule has 33 heavy (non-hydrogen) atoms. The van der Waals surface area contributed by atoms with Crippen LogP contribution in [0, 0.1) is 5.41 Å². The highest BCUT2D eigenvalue weighted by Gasteiger charge is 2.46. The van der Waals surface area contributed by atoms with Crippen molar-refractivity contribution in [3.05, 3.63) is 28.8 Å². The van der Waals surface area contributed by atoms with Crippen LogP contribution in [0.1, 0.15) is 38.2 Å². The number of hydrogen-bond acceptors (Lipinski definition) is 4. The summed E-state index contributed by atoms with van der Waals surface area (Å²) >= 11 is 6.54. The molecule has 3 fully saturated rings. The third-order valence-corrected chi connectivity index (χ3v) is 7.53. The largest absolute Gasteiger partial charge is 0.437 e. The van der Waals surface area contributed by atoms with E-state index in [9.17, 15) is 22.4 Å². The summed E-state index contributed by atoms with van der Waals surface area (Å²) in [6.07, 6.45) is -5.78. The molecule has 1 spiro atoms. The number of carbonyl (C=O) groups is 1. The van der Waals surface area contributed by atoms with Gasteiger partial charge < -0.3 is 14.5 Å². The Morgan fingerprint density at radius 1 is 1.18 bits per heavy atom. The van der Waals surface area contributed by atoms with Crippen molar-refractivity contribution in [2.45, 2.75) is 57.6 Å². The zero-order chi connectivity index (χ0) is 23.8. The van der Waals surface area contributed by atoms with Gasteiger partial charge >= 0.3 is 12.3 Å². The van der Waals surface area contributed by atoms with E-state index in [1.807, 2.05) is 18.2 Å². The van der Waals surface area contributed by atoms with Crippen LogP contribution < -0.4 is 4.90 Å².